The van der Waals surface area contributed by atoms with E-state index in [0.717, 1.165) is 17.1 Å². The number of hydrogen-bond acceptors (Lipinski definition) is 1. The topological polar surface area (TPSA) is 12.0 Å². The van der Waals surface area contributed by atoms with Crippen LogP contribution in [-0.2, 0) is 6.42 Å². The Balaban J connectivity index is 2.11. The van der Waals surface area contributed by atoms with E-state index >= 15 is 0 Å². The molecule has 2 aromatic rings. The Kier molecular flexibility index (Phi) is 1.93. The SMILES string of the molecule is Clc1ccc2c(c1)Cc1ccccc1N2. The Morgan fingerprint density at radius 1 is 0.933 bits per heavy atom. The average molecular weight is 216 g/mol. The first-order valence-electron chi connectivity index (χ1n) is 4.96. The van der Waals surface area contributed by atoms with Crippen molar-refractivity contribution in [1.29, 1.82) is 0 Å². The van der Waals surface area contributed by atoms with Crippen LogP contribution in [0.5, 0.6) is 0 Å². The van der Waals surface area contributed by atoms with E-state index in [0.29, 0.717) is 0 Å². The summed E-state index contributed by atoms with van der Waals surface area (Å²) in [5, 5.41) is 4.21. The molecule has 2 heteroatoms. The van der Waals surface area contributed by atoms with Crippen LogP contribution in [0.1, 0.15) is 11.1 Å². The second-order valence-corrected chi connectivity index (χ2v) is 4.20. The van der Waals surface area contributed by atoms with Crippen molar-refractivity contribution in [2.45, 2.75) is 6.42 Å². The lowest BCUT2D eigenvalue weighted by molar-refractivity contribution is 1.16. The summed E-state index contributed by atoms with van der Waals surface area (Å²) in [4.78, 5) is 0. The summed E-state index contributed by atoms with van der Waals surface area (Å²) in [6.45, 7) is 0. The molecule has 1 nitrogen and oxygen atoms in total. The summed E-state index contributed by atoms with van der Waals surface area (Å²) in [5.74, 6) is 0. The molecule has 1 aliphatic heterocycles. The third kappa shape index (κ3) is 1.49. The van der Waals surface area contributed by atoms with E-state index in [9.17, 15) is 0 Å². The van der Waals surface area contributed by atoms with Gasteiger partial charge >= 0.3 is 0 Å². The Bertz CT molecular complexity index is 520. The number of benzene rings is 2. The zero-order chi connectivity index (χ0) is 10.3. The summed E-state index contributed by atoms with van der Waals surface area (Å²) < 4.78 is 0. The largest absolute Gasteiger partial charge is 0.355 e. The zero-order valence-corrected chi connectivity index (χ0v) is 8.88. The van der Waals surface area contributed by atoms with Gasteiger partial charge in [-0.15, -0.1) is 0 Å². The van der Waals surface area contributed by atoms with E-state index in [1.54, 1.807) is 0 Å². The van der Waals surface area contributed by atoms with E-state index in [4.69, 9.17) is 11.6 Å². The van der Waals surface area contributed by atoms with E-state index in [-0.39, 0.29) is 0 Å². The van der Waals surface area contributed by atoms with Crippen LogP contribution in [0.3, 0.4) is 0 Å². The van der Waals surface area contributed by atoms with Gasteiger partial charge in [0.05, 0.1) is 0 Å². The molecule has 0 unspecified atom stereocenters. The summed E-state index contributed by atoms with van der Waals surface area (Å²) in [6.07, 6.45) is 0.957. The van der Waals surface area contributed by atoms with Gasteiger partial charge in [0.2, 0.25) is 0 Å². The van der Waals surface area contributed by atoms with Gasteiger partial charge in [0, 0.05) is 22.8 Å². The fourth-order valence-corrected chi connectivity index (χ4v) is 2.17. The average Bonchev–Trinajstić information content (AvgIpc) is 2.26. The molecule has 15 heavy (non-hydrogen) atoms. The predicted molar refractivity (Wildman–Crippen MR) is 64.0 cm³/mol. The van der Waals surface area contributed by atoms with Crippen LogP contribution < -0.4 is 5.32 Å². The molecule has 0 aromatic heterocycles. The number of halogens is 1. The Labute approximate surface area is 93.7 Å². The Hall–Kier alpha value is -1.47. The molecule has 0 aliphatic carbocycles. The van der Waals surface area contributed by atoms with Gasteiger partial charge < -0.3 is 5.32 Å². The van der Waals surface area contributed by atoms with Crippen molar-refractivity contribution in [3.05, 3.63) is 58.6 Å². The third-order valence-electron chi connectivity index (χ3n) is 2.73. The van der Waals surface area contributed by atoms with Crippen LogP contribution in [0.2, 0.25) is 5.02 Å². The molecule has 0 saturated carbocycles. The van der Waals surface area contributed by atoms with Gasteiger partial charge in [-0.25, -0.2) is 0 Å². The standard InChI is InChI=1S/C13H10ClN/c14-11-5-6-13-10(8-11)7-9-3-1-2-4-12(9)15-13/h1-6,8,15H,7H2. The maximum Gasteiger partial charge on any atom is 0.0421 e. The molecule has 2 aromatic carbocycles. The number of para-hydroxylation sites is 1. The first kappa shape index (κ1) is 8.81. The monoisotopic (exact) mass is 215 g/mol. The quantitative estimate of drug-likeness (QED) is 0.598. The van der Waals surface area contributed by atoms with Crippen molar-refractivity contribution in [3.63, 3.8) is 0 Å². The van der Waals surface area contributed by atoms with E-state index in [1.165, 1.54) is 16.8 Å². The molecule has 0 radical (unpaired) electrons. The fourth-order valence-electron chi connectivity index (χ4n) is 1.98. The molecule has 0 spiro atoms. The van der Waals surface area contributed by atoms with Gasteiger partial charge in [-0.3, -0.25) is 0 Å². The van der Waals surface area contributed by atoms with Crippen LogP contribution in [0.4, 0.5) is 11.4 Å². The normalized spacial score (nSPS) is 12.6. The summed E-state index contributed by atoms with van der Waals surface area (Å²) in [7, 11) is 0. The highest BCUT2D eigenvalue weighted by atomic mass is 35.5. The molecule has 0 amide bonds. The molecule has 1 aliphatic rings. The predicted octanol–water partition coefficient (Wildman–Crippen LogP) is 3.99. The van der Waals surface area contributed by atoms with Crippen LogP contribution in [-0.4, -0.2) is 0 Å². The maximum absolute atomic E-state index is 5.98. The molecule has 3 rings (SSSR count). The van der Waals surface area contributed by atoms with E-state index in [2.05, 4.69) is 23.5 Å². The van der Waals surface area contributed by atoms with E-state index in [1.807, 2.05) is 24.3 Å². The van der Waals surface area contributed by atoms with Crippen molar-refractivity contribution in [2.24, 2.45) is 0 Å². The minimum atomic E-state index is 0.801. The molecule has 0 fully saturated rings. The smallest absolute Gasteiger partial charge is 0.0421 e. The van der Waals surface area contributed by atoms with Crippen molar-refractivity contribution in [3.8, 4) is 0 Å². The minimum absolute atomic E-state index is 0.801. The summed E-state index contributed by atoms with van der Waals surface area (Å²) in [6, 6.07) is 14.3. The molecule has 74 valence electrons. The van der Waals surface area contributed by atoms with Gasteiger partial charge in [-0.05, 0) is 35.4 Å². The lowest BCUT2D eigenvalue weighted by atomic mass is 9.97. The highest BCUT2D eigenvalue weighted by Gasteiger charge is 2.13. The molecule has 0 saturated heterocycles. The van der Waals surface area contributed by atoms with Crippen LogP contribution in [0, 0.1) is 0 Å². The summed E-state index contributed by atoms with van der Waals surface area (Å²) in [5.41, 5.74) is 4.96. The van der Waals surface area contributed by atoms with Crippen molar-refractivity contribution < 1.29 is 0 Å². The number of fused-ring (bicyclic) bond motifs is 2. The fraction of sp³-hybridized carbons (Fsp3) is 0.0769. The van der Waals surface area contributed by atoms with Gasteiger partial charge in [0.15, 0.2) is 0 Å². The van der Waals surface area contributed by atoms with Crippen molar-refractivity contribution >= 4 is 23.0 Å². The summed E-state index contributed by atoms with van der Waals surface area (Å²) >= 11 is 5.98. The van der Waals surface area contributed by atoms with Crippen molar-refractivity contribution in [2.75, 3.05) is 5.32 Å². The second kappa shape index (κ2) is 3.28. The first-order valence-corrected chi connectivity index (χ1v) is 5.34. The number of nitrogens with one attached hydrogen (secondary N) is 1. The molecular weight excluding hydrogens is 206 g/mol. The Morgan fingerprint density at radius 2 is 1.73 bits per heavy atom. The highest BCUT2D eigenvalue weighted by molar-refractivity contribution is 6.30. The number of rotatable bonds is 0. The number of hydrogen-bond donors (Lipinski definition) is 1. The molecule has 1 N–H and O–H groups in total. The van der Waals surface area contributed by atoms with Gasteiger partial charge in [0.25, 0.3) is 0 Å². The van der Waals surface area contributed by atoms with Gasteiger partial charge in [-0.1, -0.05) is 29.8 Å². The molecule has 0 atom stereocenters. The van der Waals surface area contributed by atoms with E-state index < -0.39 is 0 Å². The highest BCUT2D eigenvalue weighted by Crippen LogP contribution is 2.33. The first-order chi connectivity index (χ1) is 7.33. The van der Waals surface area contributed by atoms with Crippen LogP contribution in [0.15, 0.2) is 42.5 Å². The van der Waals surface area contributed by atoms with Gasteiger partial charge in [-0.2, -0.15) is 0 Å². The van der Waals surface area contributed by atoms with Crippen LogP contribution >= 0.6 is 11.6 Å². The molecule has 1 heterocycles. The lowest BCUT2D eigenvalue weighted by Crippen LogP contribution is -2.06. The third-order valence-corrected chi connectivity index (χ3v) is 2.97. The minimum Gasteiger partial charge on any atom is -0.355 e. The number of anilines is 2. The Morgan fingerprint density at radius 3 is 2.67 bits per heavy atom. The zero-order valence-electron chi connectivity index (χ0n) is 8.13. The molecular formula is C13H10ClN. The maximum atomic E-state index is 5.98. The van der Waals surface area contributed by atoms with Crippen molar-refractivity contribution in [1.82, 2.24) is 0 Å². The molecule has 0 bridgehead atoms. The lowest BCUT2D eigenvalue weighted by Gasteiger charge is -2.21. The van der Waals surface area contributed by atoms with Crippen LogP contribution in [0.25, 0.3) is 0 Å². The second-order valence-electron chi connectivity index (χ2n) is 3.76. The van der Waals surface area contributed by atoms with Gasteiger partial charge in [0.1, 0.15) is 0 Å².